The van der Waals surface area contributed by atoms with Crippen LogP contribution >= 0.6 is 0 Å². The Kier molecular flexibility index (Phi) is 4.03. The monoisotopic (exact) mass is 233 g/mol. The molecule has 0 saturated carbocycles. The van der Waals surface area contributed by atoms with Gasteiger partial charge in [-0.05, 0) is 43.4 Å². The fourth-order valence-corrected chi connectivity index (χ4v) is 1.90. The number of likely N-dealkylation sites (N-methyl/N-ethyl adjacent to an activating group) is 1. The Balaban J connectivity index is 2.96. The molecule has 0 saturated heterocycles. The zero-order valence-electron chi connectivity index (χ0n) is 12.4. The number of benzene rings is 1. The summed E-state index contributed by atoms with van der Waals surface area (Å²) in [7, 11) is 2.03. The zero-order chi connectivity index (χ0) is 13.3. The average molecular weight is 233 g/mol. The predicted octanol–water partition coefficient (Wildman–Crippen LogP) is 4.09. The van der Waals surface area contributed by atoms with Crippen LogP contribution in [0.4, 0.5) is 0 Å². The summed E-state index contributed by atoms with van der Waals surface area (Å²) in [6, 6.07) is 9.06. The van der Waals surface area contributed by atoms with E-state index < -0.39 is 0 Å². The lowest BCUT2D eigenvalue weighted by molar-refractivity contribution is 0.360. The Morgan fingerprint density at radius 2 is 1.41 bits per heavy atom. The van der Waals surface area contributed by atoms with Crippen LogP contribution in [0.2, 0.25) is 0 Å². The van der Waals surface area contributed by atoms with Gasteiger partial charge in [0.25, 0.3) is 0 Å². The number of hydrogen-bond acceptors (Lipinski definition) is 1. The quantitative estimate of drug-likeness (QED) is 0.829. The Hall–Kier alpha value is -0.820. The smallest absolute Gasteiger partial charge is 0.0187 e. The van der Waals surface area contributed by atoms with E-state index >= 15 is 0 Å². The molecule has 1 atom stereocenters. The third kappa shape index (κ3) is 3.32. The molecule has 0 aromatic heterocycles. The van der Waals surface area contributed by atoms with Gasteiger partial charge in [-0.15, -0.1) is 0 Å². The van der Waals surface area contributed by atoms with Crippen molar-refractivity contribution < 1.29 is 0 Å². The van der Waals surface area contributed by atoms with Crippen molar-refractivity contribution in [3.63, 3.8) is 0 Å². The molecule has 1 aromatic carbocycles. The van der Waals surface area contributed by atoms with Gasteiger partial charge in [-0.1, -0.05) is 52.0 Å². The van der Waals surface area contributed by atoms with Crippen LogP contribution in [0.5, 0.6) is 0 Å². The molecular weight excluding hydrogens is 206 g/mol. The number of nitrogens with one attached hydrogen (secondary N) is 1. The van der Waals surface area contributed by atoms with Gasteiger partial charge in [0.15, 0.2) is 0 Å². The molecule has 0 amide bonds. The number of rotatable bonds is 3. The molecule has 0 bridgehead atoms. The van der Waals surface area contributed by atoms with Crippen LogP contribution < -0.4 is 5.32 Å². The molecule has 1 rings (SSSR count). The van der Waals surface area contributed by atoms with Crippen molar-refractivity contribution >= 4 is 0 Å². The topological polar surface area (TPSA) is 12.0 Å². The van der Waals surface area contributed by atoms with Gasteiger partial charge in [0, 0.05) is 5.54 Å². The Morgan fingerprint density at radius 1 is 0.941 bits per heavy atom. The van der Waals surface area contributed by atoms with E-state index in [-0.39, 0.29) is 11.0 Å². The zero-order valence-corrected chi connectivity index (χ0v) is 12.4. The van der Waals surface area contributed by atoms with E-state index in [0.29, 0.717) is 5.92 Å². The van der Waals surface area contributed by atoms with Crippen LogP contribution in [0.25, 0.3) is 0 Å². The van der Waals surface area contributed by atoms with Gasteiger partial charge in [-0.25, -0.2) is 0 Å². The lowest BCUT2D eigenvalue weighted by atomic mass is 9.81. The van der Waals surface area contributed by atoms with E-state index in [4.69, 9.17) is 0 Å². The molecular formula is C16H27N. The van der Waals surface area contributed by atoms with E-state index in [1.807, 2.05) is 7.05 Å². The van der Waals surface area contributed by atoms with Gasteiger partial charge < -0.3 is 5.32 Å². The first kappa shape index (κ1) is 14.2. The van der Waals surface area contributed by atoms with Gasteiger partial charge >= 0.3 is 0 Å². The van der Waals surface area contributed by atoms with E-state index in [9.17, 15) is 0 Å². The van der Waals surface area contributed by atoms with E-state index in [2.05, 4.69) is 71.1 Å². The molecule has 0 aliphatic heterocycles. The maximum Gasteiger partial charge on any atom is 0.0187 e. The highest BCUT2D eigenvalue weighted by molar-refractivity contribution is 5.30. The number of hydrogen-bond donors (Lipinski definition) is 1. The summed E-state index contributed by atoms with van der Waals surface area (Å²) in [6.07, 6.45) is 0. The van der Waals surface area contributed by atoms with Gasteiger partial charge in [-0.2, -0.15) is 0 Å². The minimum atomic E-state index is 0.128. The van der Waals surface area contributed by atoms with Crippen LogP contribution in [0.15, 0.2) is 24.3 Å². The van der Waals surface area contributed by atoms with Crippen molar-refractivity contribution in [1.29, 1.82) is 0 Å². The van der Waals surface area contributed by atoms with E-state index in [1.54, 1.807) is 0 Å². The lowest BCUT2D eigenvalue weighted by Crippen LogP contribution is -2.41. The predicted molar refractivity (Wildman–Crippen MR) is 76.7 cm³/mol. The normalized spacial score (nSPS) is 14.8. The van der Waals surface area contributed by atoms with E-state index in [0.717, 1.165) is 0 Å². The van der Waals surface area contributed by atoms with Crippen LogP contribution in [0, 0.1) is 0 Å². The van der Waals surface area contributed by atoms with Gasteiger partial charge in [-0.3, -0.25) is 0 Å². The fraction of sp³-hybridized carbons (Fsp3) is 0.625. The standard InChI is InChI=1S/C16H27N/c1-12(16(5,6)17-7)13-8-10-14(11-9-13)15(2,3)4/h8-12,17H,1-7H3. The highest BCUT2D eigenvalue weighted by atomic mass is 14.9. The maximum atomic E-state index is 3.38. The summed E-state index contributed by atoms with van der Waals surface area (Å²) in [6.45, 7) is 13.5. The van der Waals surface area contributed by atoms with E-state index in [1.165, 1.54) is 11.1 Å². The summed E-state index contributed by atoms with van der Waals surface area (Å²) in [5.74, 6) is 0.501. The molecule has 1 N–H and O–H groups in total. The fourth-order valence-electron chi connectivity index (χ4n) is 1.90. The Morgan fingerprint density at radius 3 is 1.76 bits per heavy atom. The minimum absolute atomic E-state index is 0.128. The second kappa shape index (κ2) is 4.81. The molecule has 1 unspecified atom stereocenters. The first-order valence-electron chi connectivity index (χ1n) is 6.48. The van der Waals surface area contributed by atoms with Crippen LogP contribution in [-0.4, -0.2) is 12.6 Å². The summed E-state index contributed by atoms with van der Waals surface area (Å²) < 4.78 is 0. The summed E-state index contributed by atoms with van der Waals surface area (Å²) >= 11 is 0. The first-order chi connectivity index (χ1) is 7.68. The summed E-state index contributed by atoms with van der Waals surface area (Å²) in [4.78, 5) is 0. The molecule has 17 heavy (non-hydrogen) atoms. The van der Waals surface area contributed by atoms with Crippen LogP contribution in [0.3, 0.4) is 0 Å². The average Bonchev–Trinajstić information content (AvgIpc) is 2.27. The highest BCUT2D eigenvalue weighted by Gasteiger charge is 2.25. The highest BCUT2D eigenvalue weighted by Crippen LogP contribution is 2.29. The Bertz CT molecular complexity index is 354. The molecule has 0 spiro atoms. The van der Waals surface area contributed by atoms with Crippen molar-refractivity contribution in [2.24, 2.45) is 0 Å². The van der Waals surface area contributed by atoms with Gasteiger partial charge in [0.05, 0.1) is 0 Å². The molecule has 1 heteroatoms. The van der Waals surface area contributed by atoms with Gasteiger partial charge in [0.1, 0.15) is 0 Å². The SMILES string of the molecule is CNC(C)(C)C(C)c1ccc(C(C)(C)C)cc1. The van der Waals surface area contributed by atoms with Gasteiger partial charge in [0.2, 0.25) is 0 Å². The Labute approximate surface area is 107 Å². The lowest BCUT2D eigenvalue weighted by Gasteiger charge is -2.32. The summed E-state index contributed by atoms with van der Waals surface area (Å²) in [5, 5.41) is 3.38. The van der Waals surface area contributed by atoms with Crippen molar-refractivity contribution in [1.82, 2.24) is 5.32 Å². The summed E-state index contributed by atoms with van der Waals surface area (Å²) in [5.41, 5.74) is 3.16. The molecule has 1 aromatic rings. The first-order valence-corrected chi connectivity index (χ1v) is 6.48. The molecule has 0 fully saturated rings. The molecule has 0 heterocycles. The van der Waals surface area contributed by atoms with Crippen LogP contribution in [-0.2, 0) is 5.41 Å². The van der Waals surface area contributed by atoms with Crippen molar-refractivity contribution in [2.45, 2.75) is 58.4 Å². The third-order valence-electron chi connectivity index (χ3n) is 4.00. The molecule has 96 valence electrons. The minimum Gasteiger partial charge on any atom is -0.314 e. The molecule has 0 aliphatic carbocycles. The van der Waals surface area contributed by atoms with Crippen molar-refractivity contribution in [3.8, 4) is 0 Å². The van der Waals surface area contributed by atoms with Crippen molar-refractivity contribution in [3.05, 3.63) is 35.4 Å². The third-order valence-corrected chi connectivity index (χ3v) is 4.00. The molecule has 0 aliphatic rings. The largest absolute Gasteiger partial charge is 0.314 e. The second-order valence-corrected chi connectivity index (χ2v) is 6.57. The van der Waals surface area contributed by atoms with Crippen LogP contribution in [0.1, 0.15) is 58.6 Å². The maximum absolute atomic E-state index is 3.38. The molecule has 1 nitrogen and oxygen atoms in total. The molecule has 0 radical (unpaired) electrons. The van der Waals surface area contributed by atoms with Crippen molar-refractivity contribution in [2.75, 3.05) is 7.05 Å². The second-order valence-electron chi connectivity index (χ2n) is 6.57.